The molecule has 1 aromatic heterocycles. The summed E-state index contributed by atoms with van der Waals surface area (Å²) in [6, 6.07) is 0. The minimum Gasteiger partial charge on any atom is -0.367 e. The average Bonchev–Trinajstić information content (AvgIpc) is 2.24. The molecule has 0 saturated heterocycles. The van der Waals surface area contributed by atoms with E-state index in [9.17, 15) is 4.39 Å². The summed E-state index contributed by atoms with van der Waals surface area (Å²) in [5, 5.41) is 3.04. The molecule has 1 rings (SSSR count). The van der Waals surface area contributed by atoms with Gasteiger partial charge in [0.2, 0.25) is 0 Å². The fourth-order valence-corrected chi connectivity index (χ4v) is 1.24. The highest BCUT2D eigenvalue weighted by Crippen LogP contribution is 2.12. The molecule has 1 unspecified atom stereocenters. The SMILES string of the molecule is CCC(Cl)CCNc1ncnc(C)c1F. The van der Waals surface area contributed by atoms with Crippen LogP contribution in [0.15, 0.2) is 6.33 Å². The summed E-state index contributed by atoms with van der Waals surface area (Å²) < 4.78 is 13.4. The Balaban J connectivity index is 2.47. The molecule has 0 saturated carbocycles. The van der Waals surface area contributed by atoms with E-state index >= 15 is 0 Å². The fourth-order valence-electron chi connectivity index (χ4n) is 1.13. The van der Waals surface area contributed by atoms with Crippen molar-refractivity contribution >= 4 is 17.4 Å². The number of hydrogen-bond acceptors (Lipinski definition) is 3. The molecule has 5 heteroatoms. The van der Waals surface area contributed by atoms with E-state index in [-0.39, 0.29) is 17.0 Å². The van der Waals surface area contributed by atoms with E-state index in [4.69, 9.17) is 11.6 Å². The molecule has 0 fully saturated rings. The smallest absolute Gasteiger partial charge is 0.186 e. The molecule has 1 atom stereocenters. The zero-order valence-corrected chi connectivity index (χ0v) is 9.68. The van der Waals surface area contributed by atoms with Crippen LogP contribution in [0.2, 0.25) is 0 Å². The fraction of sp³-hybridized carbons (Fsp3) is 0.600. The Hall–Kier alpha value is -0.900. The summed E-state index contributed by atoms with van der Waals surface area (Å²) in [7, 11) is 0. The predicted molar refractivity (Wildman–Crippen MR) is 59.8 cm³/mol. The van der Waals surface area contributed by atoms with E-state index in [2.05, 4.69) is 15.3 Å². The third-order valence-electron chi connectivity index (χ3n) is 2.16. The van der Waals surface area contributed by atoms with Crippen LogP contribution in [-0.4, -0.2) is 21.9 Å². The van der Waals surface area contributed by atoms with Gasteiger partial charge in [-0.05, 0) is 19.8 Å². The molecular weight excluding hydrogens is 217 g/mol. The summed E-state index contributed by atoms with van der Waals surface area (Å²) in [4.78, 5) is 7.57. The number of rotatable bonds is 5. The van der Waals surface area contributed by atoms with Gasteiger partial charge in [0.05, 0.1) is 5.69 Å². The van der Waals surface area contributed by atoms with Gasteiger partial charge in [0.1, 0.15) is 6.33 Å². The summed E-state index contributed by atoms with van der Waals surface area (Å²) in [6.07, 6.45) is 3.05. The molecule has 0 aliphatic heterocycles. The highest BCUT2D eigenvalue weighted by atomic mass is 35.5. The van der Waals surface area contributed by atoms with Crippen LogP contribution >= 0.6 is 11.6 Å². The van der Waals surface area contributed by atoms with Crippen molar-refractivity contribution in [3.8, 4) is 0 Å². The molecule has 0 spiro atoms. The van der Waals surface area contributed by atoms with Crippen LogP contribution in [0.1, 0.15) is 25.5 Å². The van der Waals surface area contributed by atoms with E-state index in [0.29, 0.717) is 12.2 Å². The predicted octanol–water partition coefficient (Wildman–Crippen LogP) is 2.74. The Morgan fingerprint density at radius 3 is 2.93 bits per heavy atom. The van der Waals surface area contributed by atoms with Crippen molar-refractivity contribution in [2.45, 2.75) is 32.1 Å². The third kappa shape index (κ3) is 3.63. The lowest BCUT2D eigenvalue weighted by atomic mass is 10.2. The molecule has 0 amide bonds. The standard InChI is InChI=1S/C10H15ClFN3/c1-3-8(11)4-5-13-10-9(12)7(2)14-6-15-10/h6,8H,3-5H2,1-2H3,(H,13,14,15). The molecule has 1 heterocycles. The second kappa shape index (κ2) is 5.85. The first kappa shape index (κ1) is 12.2. The number of nitrogens with zero attached hydrogens (tertiary/aromatic N) is 2. The lowest BCUT2D eigenvalue weighted by Crippen LogP contribution is -2.11. The van der Waals surface area contributed by atoms with E-state index in [1.165, 1.54) is 6.33 Å². The van der Waals surface area contributed by atoms with Crippen LogP contribution < -0.4 is 5.32 Å². The van der Waals surface area contributed by atoms with Gasteiger partial charge in [-0.1, -0.05) is 6.92 Å². The largest absolute Gasteiger partial charge is 0.367 e. The maximum atomic E-state index is 13.4. The van der Waals surface area contributed by atoms with Crippen molar-refractivity contribution in [2.24, 2.45) is 0 Å². The van der Waals surface area contributed by atoms with Gasteiger partial charge in [-0.25, -0.2) is 14.4 Å². The second-order valence-corrected chi connectivity index (χ2v) is 3.96. The van der Waals surface area contributed by atoms with Gasteiger partial charge in [-0.15, -0.1) is 11.6 Å². The molecule has 15 heavy (non-hydrogen) atoms. The van der Waals surface area contributed by atoms with E-state index in [0.717, 1.165) is 12.8 Å². The van der Waals surface area contributed by atoms with Gasteiger partial charge in [0.15, 0.2) is 11.6 Å². The summed E-state index contributed by atoms with van der Waals surface area (Å²) in [6.45, 7) is 4.25. The van der Waals surface area contributed by atoms with Gasteiger partial charge < -0.3 is 5.32 Å². The molecule has 0 bridgehead atoms. The quantitative estimate of drug-likeness (QED) is 0.792. The highest BCUT2D eigenvalue weighted by Gasteiger charge is 2.07. The van der Waals surface area contributed by atoms with Gasteiger partial charge in [-0.2, -0.15) is 0 Å². The average molecular weight is 232 g/mol. The Morgan fingerprint density at radius 2 is 2.27 bits per heavy atom. The first-order chi connectivity index (χ1) is 7.15. The van der Waals surface area contributed by atoms with E-state index in [1.807, 2.05) is 6.92 Å². The number of anilines is 1. The van der Waals surface area contributed by atoms with Gasteiger partial charge >= 0.3 is 0 Å². The van der Waals surface area contributed by atoms with Crippen molar-refractivity contribution in [1.82, 2.24) is 9.97 Å². The van der Waals surface area contributed by atoms with Crippen LogP contribution in [0.4, 0.5) is 10.2 Å². The number of halogens is 2. The molecule has 0 aromatic carbocycles. The molecule has 0 aliphatic carbocycles. The van der Waals surface area contributed by atoms with Crippen molar-refractivity contribution in [3.05, 3.63) is 17.8 Å². The normalized spacial score (nSPS) is 12.5. The first-order valence-corrected chi connectivity index (χ1v) is 5.43. The first-order valence-electron chi connectivity index (χ1n) is 5.00. The molecule has 1 aromatic rings. The Kier molecular flexibility index (Phi) is 4.75. The molecule has 0 aliphatic rings. The lowest BCUT2D eigenvalue weighted by molar-refractivity contribution is 0.603. The maximum absolute atomic E-state index is 13.4. The topological polar surface area (TPSA) is 37.8 Å². The van der Waals surface area contributed by atoms with Crippen LogP contribution in [0.25, 0.3) is 0 Å². The minimum absolute atomic E-state index is 0.128. The molecule has 3 nitrogen and oxygen atoms in total. The maximum Gasteiger partial charge on any atom is 0.186 e. The Labute approximate surface area is 94.1 Å². The minimum atomic E-state index is -0.389. The van der Waals surface area contributed by atoms with Crippen molar-refractivity contribution in [3.63, 3.8) is 0 Å². The summed E-state index contributed by atoms with van der Waals surface area (Å²) >= 11 is 5.94. The van der Waals surface area contributed by atoms with Crippen LogP contribution in [-0.2, 0) is 0 Å². The number of nitrogens with one attached hydrogen (secondary N) is 1. The van der Waals surface area contributed by atoms with Crippen molar-refractivity contribution in [2.75, 3.05) is 11.9 Å². The molecule has 1 N–H and O–H groups in total. The zero-order chi connectivity index (χ0) is 11.3. The lowest BCUT2D eigenvalue weighted by Gasteiger charge is -2.09. The van der Waals surface area contributed by atoms with Gasteiger partial charge in [0.25, 0.3) is 0 Å². The number of hydrogen-bond donors (Lipinski definition) is 1. The Morgan fingerprint density at radius 1 is 1.53 bits per heavy atom. The zero-order valence-electron chi connectivity index (χ0n) is 8.93. The number of aromatic nitrogens is 2. The Bertz CT molecular complexity index is 320. The molecular formula is C10H15ClFN3. The van der Waals surface area contributed by atoms with Crippen molar-refractivity contribution < 1.29 is 4.39 Å². The van der Waals surface area contributed by atoms with Gasteiger partial charge in [0, 0.05) is 11.9 Å². The second-order valence-electron chi connectivity index (χ2n) is 3.34. The van der Waals surface area contributed by atoms with Gasteiger partial charge in [-0.3, -0.25) is 0 Å². The van der Waals surface area contributed by atoms with Crippen LogP contribution in [0.3, 0.4) is 0 Å². The van der Waals surface area contributed by atoms with E-state index < -0.39 is 0 Å². The third-order valence-corrected chi connectivity index (χ3v) is 2.68. The summed E-state index contributed by atoms with van der Waals surface area (Å²) in [5.74, 6) is -0.136. The van der Waals surface area contributed by atoms with Crippen LogP contribution in [0.5, 0.6) is 0 Å². The van der Waals surface area contributed by atoms with E-state index in [1.54, 1.807) is 6.92 Å². The number of aryl methyl sites for hydroxylation is 1. The molecule has 84 valence electrons. The highest BCUT2D eigenvalue weighted by molar-refractivity contribution is 6.20. The monoisotopic (exact) mass is 231 g/mol. The molecule has 0 radical (unpaired) electrons. The van der Waals surface area contributed by atoms with Crippen LogP contribution in [0, 0.1) is 12.7 Å². The number of alkyl halides is 1. The van der Waals surface area contributed by atoms with Crippen molar-refractivity contribution in [1.29, 1.82) is 0 Å². The summed E-state index contributed by atoms with van der Waals surface area (Å²) in [5.41, 5.74) is 0.352.